The third kappa shape index (κ3) is 25.4. The molecule has 0 aliphatic heterocycles. The molecule has 0 heterocycles. The fraction of sp³-hybridized carbons (Fsp3) is 0. The van der Waals surface area contributed by atoms with Crippen molar-refractivity contribution >= 4 is 30.7 Å². The molecule has 0 N–H and O–H groups in total. The van der Waals surface area contributed by atoms with Crippen LogP contribution in [-0.2, 0) is 27.5 Å². The van der Waals surface area contributed by atoms with Gasteiger partial charge in [0, 0.05) is 0 Å². The Balaban J connectivity index is 0. The second kappa shape index (κ2) is 17.0. The van der Waals surface area contributed by atoms with Gasteiger partial charge in [0.05, 0.1) is 0 Å². The van der Waals surface area contributed by atoms with Gasteiger partial charge >= 0.3 is 58.3 Å². The summed E-state index contributed by atoms with van der Waals surface area (Å²) in [5.74, 6) is 0. The standard InChI is InChI=1S/2ClH.2Cu.S/h2*1H;;;/q;;;+2;/p-2. The van der Waals surface area contributed by atoms with Gasteiger partial charge in [-0.25, -0.2) is 0 Å². The van der Waals surface area contributed by atoms with E-state index in [9.17, 15) is 0 Å². The van der Waals surface area contributed by atoms with Crippen LogP contribution in [0.25, 0.3) is 0 Å². The summed E-state index contributed by atoms with van der Waals surface area (Å²) in [6.07, 6.45) is 0. The normalized spacial score (nSPS) is 5.60. The van der Waals surface area contributed by atoms with E-state index in [4.69, 9.17) is 0 Å². The first-order chi connectivity index (χ1) is 2.41. The Labute approximate surface area is 57.9 Å². The Morgan fingerprint density at radius 1 is 1.40 bits per heavy atom. The molecule has 0 unspecified atom stereocenters. The van der Waals surface area contributed by atoms with Gasteiger partial charge in [-0.05, 0) is 0 Å². The van der Waals surface area contributed by atoms with Crippen molar-refractivity contribution in [2.45, 2.75) is 0 Å². The molecule has 0 aromatic rings. The minimum absolute atomic E-state index is 0.757. The molecule has 5 heavy (non-hydrogen) atoms. The van der Waals surface area contributed by atoms with Gasteiger partial charge in [-0.2, -0.15) is 0 Å². The Morgan fingerprint density at radius 2 is 1.40 bits per heavy atom. The van der Waals surface area contributed by atoms with E-state index >= 15 is 0 Å². The van der Waals surface area contributed by atoms with Gasteiger partial charge in [0.15, 0.2) is 0 Å². The molecule has 42 valence electrons. The zero-order valence-electron chi connectivity index (χ0n) is 1.77. The van der Waals surface area contributed by atoms with Gasteiger partial charge < -0.3 is 0 Å². The van der Waals surface area contributed by atoms with Gasteiger partial charge in [0.1, 0.15) is 0 Å². The van der Waals surface area contributed by atoms with Crippen LogP contribution in [0.15, 0.2) is 0 Å². The van der Waals surface area contributed by atoms with E-state index in [0.717, 1.165) is 13.1 Å². The molecule has 0 amide bonds. The van der Waals surface area contributed by atoms with Crippen LogP contribution < -0.4 is 0 Å². The van der Waals surface area contributed by atoms with Crippen molar-refractivity contribution in [1.82, 2.24) is 0 Å². The summed E-state index contributed by atoms with van der Waals surface area (Å²) >= 11 is 4.53. The molecule has 0 rings (SSSR count). The van der Waals surface area contributed by atoms with Crippen molar-refractivity contribution in [2.75, 3.05) is 0 Å². The van der Waals surface area contributed by atoms with Crippen LogP contribution in [-0.4, -0.2) is 0 Å². The Hall–Kier alpha value is 1.84. The fourth-order valence-corrected chi connectivity index (χ4v) is 0. The van der Waals surface area contributed by atoms with Gasteiger partial charge in [-0.3, -0.25) is 0 Å². The van der Waals surface area contributed by atoms with Crippen LogP contribution in [0.3, 0.4) is 0 Å². The Kier molecular flexibility index (Phi) is 33.8. The fourth-order valence-electron chi connectivity index (χ4n) is 0. The first-order valence-electron chi connectivity index (χ1n) is 0.351. The third-order valence-corrected chi connectivity index (χ3v) is 0. The van der Waals surface area contributed by atoms with Crippen LogP contribution in [0.4, 0.5) is 0 Å². The Bertz CT molecular complexity index is 11.6. The van der Waals surface area contributed by atoms with Crippen molar-refractivity contribution < 1.29 is 27.5 Å². The van der Waals surface area contributed by atoms with Crippen LogP contribution in [0.2, 0.25) is 0 Å². The molecule has 0 aliphatic carbocycles. The summed E-state index contributed by atoms with van der Waals surface area (Å²) in [6.45, 7) is 0. The molecule has 0 bridgehead atoms. The van der Waals surface area contributed by atoms with Gasteiger partial charge in [0.2, 0.25) is 0 Å². The summed E-state index contributed by atoms with van der Waals surface area (Å²) in [6, 6.07) is 0. The van der Waals surface area contributed by atoms with Gasteiger partial charge in [0.25, 0.3) is 0 Å². The maximum atomic E-state index is 4.67. The van der Waals surface area contributed by atoms with E-state index < -0.39 is 0 Å². The molecular weight excluding hydrogens is 230 g/mol. The van der Waals surface area contributed by atoms with Crippen molar-refractivity contribution in [1.29, 1.82) is 0 Å². The predicted octanol–water partition coefficient (Wildman–Crippen LogP) is 2.02. The molecule has 0 nitrogen and oxygen atoms in total. The average Bonchev–Trinajstić information content (AvgIpc) is 1.46. The number of hydrogen-bond donors (Lipinski definition) is 0. The molecule has 0 saturated carbocycles. The van der Waals surface area contributed by atoms with E-state index in [0.29, 0.717) is 0 Å². The first kappa shape index (κ1) is 9.96. The topological polar surface area (TPSA) is 0 Å². The molecule has 5 heteroatoms. The van der Waals surface area contributed by atoms with E-state index in [1.54, 1.807) is 0 Å². The molecule has 0 atom stereocenters. The first-order valence-corrected chi connectivity index (χ1v) is 4.34. The summed E-state index contributed by atoms with van der Waals surface area (Å²) in [7, 11) is 13.0. The zero-order chi connectivity index (χ0) is 4.71. The quantitative estimate of drug-likeness (QED) is 0.573. The van der Waals surface area contributed by atoms with E-state index in [2.05, 4.69) is 45.1 Å². The van der Waals surface area contributed by atoms with Gasteiger partial charge in [-0.1, -0.05) is 0 Å². The molecular formula is Cl2Cu2S. The van der Waals surface area contributed by atoms with Crippen LogP contribution in [0.5, 0.6) is 0 Å². The molecule has 0 fully saturated rings. The molecule has 0 spiro atoms. The number of rotatable bonds is 0. The molecule has 0 aliphatic rings. The van der Waals surface area contributed by atoms with Crippen LogP contribution in [0.1, 0.15) is 0 Å². The van der Waals surface area contributed by atoms with E-state index in [1.165, 1.54) is 0 Å². The summed E-state index contributed by atoms with van der Waals surface area (Å²) in [5.41, 5.74) is 0. The van der Waals surface area contributed by atoms with Crippen molar-refractivity contribution in [3.05, 3.63) is 0 Å². The SMILES string of the molecule is [Cl][Cu][Cl].[S]=[Cu]. The van der Waals surface area contributed by atoms with E-state index in [-0.39, 0.29) is 0 Å². The summed E-state index contributed by atoms with van der Waals surface area (Å²) in [4.78, 5) is 0. The molecule has 0 saturated heterocycles. The molecule has 0 aromatic heterocycles. The molecule has 0 aromatic carbocycles. The summed E-state index contributed by atoms with van der Waals surface area (Å²) < 4.78 is 0. The third-order valence-electron chi connectivity index (χ3n) is 0. The van der Waals surface area contributed by atoms with Gasteiger partial charge in [-0.15, -0.1) is 0 Å². The average molecular weight is 230 g/mol. The number of hydrogen-bond acceptors (Lipinski definition) is 1. The second-order valence-electron chi connectivity index (χ2n) is 0.0431. The summed E-state index contributed by atoms with van der Waals surface area (Å²) in [5, 5.41) is 0. The number of halogens is 2. The van der Waals surface area contributed by atoms with Crippen molar-refractivity contribution in [3.8, 4) is 0 Å². The monoisotopic (exact) mass is 228 g/mol. The van der Waals surface area contributed by atoms with Crippen LogP contribution >= 0.6 is 30.7 Å². The van der Waals surface area contributed by atoms with Crippen molar-refractivity contribution in [3.63, 3.8) is 0 Å². The Morgan fingerprint density at radius 3 is 1.40 bits per heavy atom. The van der Waals surface area contributed by atoms with Crippen LogP contribution in [0, 0.1) is 0 Å². The zero-order valence-corrected chi connectivity index (χ0v) is 5.98. The maximum absolute atomic E-state index is 4.67. The van der Waals surface area contributed by atoms with Crippen molar-refractivity contribution in [2.24, 2.45) is 0 Å². The van der Waals surface area contributed by atoms with E-state index in [1.807, 2.05) is 0 Å². The predicted molar refractivity (Wildman–Crippen MR) is 19.3 cm³/mol. The minimum atomic E-state index is 0.757. The molecule has 0 radical (unpaired) electrons. The second-order valence-corrected chi connectivity index (χ2v) is 1.60.